The third-order valence-corrected chi connectivity index (χ3v) is 3.04. The normalized spacial score (nSPS) is 13.4. The van der Waals surface area contributed by atoms with Crippen molar-refractivity contribution in [3.63, 3.8) is 0 Å². The standard InChI is InChI=1S/C14H17F3O2/c1-9(2)10(3)13(18)8-11-4-6-12(7-5-11)19-14(15,16)17/h4-7,9-10H,8H2,1-3H3. The van der Waals surface area contributed by atoms with Crippen molar-refractivity contribution in [2.45, 2.75) is 33.6 Å². The lowest BCUT2D eigenvalue weighted by Crippen LogP contribution is -2.19. The maximum absolute atomic E-state index is 12.0. The van der Waals surface area contributed by atoms with Gasteiger partial charge < -0.3 is 4.74 Å². The van der Waals surface area contributed by atoms with Gasteiger partial charge in [0.15, 0.2) is 0 Å². The average Bonchev–Trinajstić information content (AvgIpc) is 2.28. The molecule has 1 unspecified atom stereocenters. The van der Waals surface area contributed by atoms with E-state index in [0.717, 1.165) is 0 Å². The molecule has 5 heteroatoms. The highest BCUT2D eigenvalue weighted by Gasteiger charge is 2.31. The number of hydrogen-bond donors (Lipinski definition) is 0. The number of ether oxygens (including phenoxy) is 1. The van der Waals surface area contributed by atoms with Crippen LogP contribution in [0.4, 0.5) is 13.2 Å². The number of Topliss-reactive ketones (excluding diaryl/α,β-unsaturated/α-hetero) is 1. The molecule has 0 aliphatic rings. The monoisotopic (exact) mass is 274 g/mol. The fourth-order valence-electron chi connectivity index (χ4n) is 1.54. The summed E-state index contributed by atoms with van der Waals surface area (Å²) in [4.78, 5) is 11.9. The SMILES string of the molecule is CC(C)C(C)C(=O)Cc1ccc(OC(F)(F)F)cc1. The number of carbonyl (C=O) groups excluding carboxylic acids is 1. The zero-order valence-electron chi connectivity index (χ0n) is 11.1. The van der Waals surface area contributed by atoms with E-state index in [1.165, 1.54) is 24.3 Å². The van der Waals surface area contributed by atoms with Crippen molar-refractivity contribution in [1.82, 2.24) is 0 Å². The molecule has 0 bridgehead atoms. The Morgan fingerprint density at radius 1 is 1.16 bits per heavy atom. The molecular weight excluding hydrogens is 257 g/mol. The highest BCUT2D eigenvalue weighted by molar-refractivity contribution is 5.83. The van der Waals surface area contributed by atoms with Crippen LogP contribution in [0.3, 0.4) is 0 Å². The summed E-state index contributed by atoms with van der Waals surface area (Å²) in [5, 5.41) is 0. The predicted molar refractivity (Wildman–Crippen MR) is 65.8 cm³/mol. The minimum absolute atomic E-state index is 0.0638. The topological polar surface area (TPSA) is 26.3 Å². The van der Waals surface area contributed by atoms with Gasteiger partial charge in [0.2, 0.25) is 0 Å². The van der Waals surface area contributed by atoms with Crippen LogP contribution in [0.2, 0.25) is 0 Å². The van der Waals surface area contributed by atoms with Gasteiger partial charge in [0.1, 0.15) is 11.5 Å². The molecule has 0 amide bonds. The Labute approximate surface area is 110 Å². The van der Waals surface area contributed by atoms with Crippen molar-refractivity contribution in [3.05, 3.63) is 29.8 Å². The molecule has 0 aliphatic heterocycles. The molecule has 0 N–H and O–H groups in total. The summed E-state index contributed by atoms with van der Waals surface area (Å²) in [7, 11) is 0. The molecule has 0 aromatic heterocycles. The van der Waals surface area contributed by atoms with Gasteiger partial charge in [-0.15, -0.1) is 13.2 Å². The number of hydrogen-bond acceptors (Lipinski definition) is 2. The largest absolute Gasteiger partial charge is 0.573 e. The lowest BCUT2D eigenvalue weighted by Gasteiger charge is -2.14. The van der Waals surface area contributed by atoms with Crippen LogP contribution in [-0.2, 0) is 11.2 Å². The van der Waals surface area contributed by atoms with Crippen LogP contribution >= 0.6 is 0 Å². The van der Waals surface area contributed by atoms with Crippen molar-refractivity contribution in [1.29, 1.82) is 0 Å². The van der Waals surface area contributed by atoms with E-state index >= 15 is 0 Å². The molecule has 0 saturated carbocycles. The summed E-state index contributed by atoms with van der Waals surface area (Å²) in [5.74, 6) is -0.00784. The molecule has 1 aromatic rings. The molecule has 1 rings (SSSR count). The summed E-state index contributed by atoms with van der Waals surface area (Å²) >= 11 is 0. The number of ketones is 1. The van der Waals surface area contributed by atoms with Gasteiger partial charge in [-0.3, -0.25) is 4.79 Å². The summed E-state index contributed by atoms with van der Waals surface area (Å²) in [6.07, 6.45) is -4.46. The number of benzene rings is 1. The first-order valence-corrected chi connectivity index (χ1v) is 6.06. The summed E-state index contributed by atoms with van der Waals surface area (Å²) in [6.45, 7) is 5.78. The maximum Gasteiger partial charge on any atom is 0.573 e. The van der Waals surface area contributed by atoms with E-state index in [-0.39, 0.29) is 29.8 Å². The van der Waals surface area contributed by atoms with Crippen LogP contribution in [0.15, 0.2) is 24.3 Å². The van der Waals surface area contributed by atoms with Crippen molar-refractivity contribution in [2.24, 2.45) is 11.8 Å². The fourth-order valence-corrected chi connectivity index (χ4v) is 1.54. The second-order valence-electron chi connectivity index (χ2n) is 4.87. The molecule has 1 aromatic carbocycles. The third-order valence-electron chi connectivity index (χ3n) is 3.04. The number of halogens is 3. The number of alkyl halides is 3. The molecule has 0 fully saturated rings. The molecule has 106 valence electrons. The summed E-state index contributed by atoms with van der Waals surface area (Å²) < 4.78 is 39.7. The van der Waals surface area contributed by atoms with Gasteiger partial charge in [-0.25, -0.2) is 0 Å². The van der Waals surface area contributed by atoms with Gasteiger partial charge in [-0.1, -0.05) is 32.9 Å². The van der Waals surface area contributed by atoms with Gasteiger partial charge in [-0.2, -0.15) is 0 Å². The zero-order chi connectivity index (χ0) is 14.6. The highest BCUT2D eigenvalue weighted by Crippen LogP contribution is 2.23. The van der Waals surface area contributed by atoms with Crippen LogP contribution in [0.25, 0.3) is 0 Å². The average molecular weight is 274 g/mol. The molecule has 0 heterocycles. The first-order chi connectivity index (χ1) is 8.69. The Hall–Kier alpha value is -1.52. The summed E-state index contributed by atoms with van der Waals surface area (Å²) in [6, 6.07) is 5.39. The van der Waals surface area contributed by atoms with E-state index in [0.29, 0.717) is 5.56 Å². The fraction of sp³-hybridized carbons (Fsp3) is 0.500. The van der Waals surface area contributed by atoms with Crippen molar-refractivity contribution in [2.75, 3.05) is 0 Å². The molecule has 0 spiro atoms. The van der Waals surface area contributed by atoms with E-state index < -0.39 is 6.36 Å². The van der Waals surface area contributed by atoms with Gasteiger partial charge in [0.05, 0.1) is 0 Å². The molecule has 1 atom stereocenters. The van der Waals surface area contributed by atoms with E-state index in [9.17, 15) is 18.0 Å². The first kappa shape index (κ1) is 15.5. The van der Waals surface area contributed by atoms with Crippen LogP contribution in [0, 0.1) is 11.8 Å². The number of rotatable bonds is 5. The molecule has 0 radical (unpaired) electrons. The highest BCUT2D eigenvalue weighted by atomic mass is 19.4. The Morgan fingerprint density at radius 2 is 1.68 bits per heavy atom. The molecule has 0 aliphatic carbocycles. The van der Waals surface area contributed by atoms with Crippen LogP contribution in [0.5, 0.6) is 5.75 Å². The van der Waals surface area contributed by atoms with Crippen LogP contribution in [0.1, 0.15) is 26.3 Å². The van der Waals surface area contributed by atoms with Crippen molar-refractivity contribution in [3.8, 4) is 5.75 Å². The summed E-state index contributed by atoms with van der Waals surface area (Å²) in [5.41, 5.74) is 0.687. The van der Waals surface area contributed by atoms with Crippen LogP contribution in [-0.4, -0.2) is 12.1 Å². The lowest BCUT2D eigenvalue weighted by atomic mass is 9.90. The van der Waals surface area contributed by atoms with Gasteiger partial charge in [0, 0.05) is 12.3 Å². The second kappa shape index (κ2) is 6.08. The smallest absolute Gasteiger partial charge is 0.406 e. The molecular formula is C14H17F3O2. The van der Waals surface area contributed by atoms with Gasteiger partial charge in [0.25, 0.3) is 0 Å². The van der Waals surface area contributed by atoms with E-state index in [2.05, 4.69) is 4.74 Å². The van der Waals surface area contributed by atoms with E-state index in [1.54, 1.807) is 0 Å². The van der Waals surface area contributed by atoms with E-state index in [4.69, 9.17) is 0 Å². The third kappa shape index (κ3) is 5.32. The molecule has 19 heavy (non-hydrogen) atoms. The Bertz CT molecular complexity index is 421. The minimum Gasteiger partial charge on any atom is -0.406 e. The lowest BCUT2D eigenvalue weighted by molar-refractivity contribution is -0.274. The van der Waals surface area contributed by atoms with Crippen LogP contribution < -0.4 is 4.74 Å². The van der Waals surface area contributed by atoms with Gasteiger partial charge >= 0.3 is 6.36 Å². The molecule has 2 nitrogen and oxygen atoms in total. The maximum atomic E-state index is 12.0. The van der Waals surface area contributed by atoms with Gasteiger partial charge in [-0.05, 0) is 23.6 Å². The Morgan fingerprint density at radius 3 is 2.11 bits per heavy atom. The van der Waals surface area contributed by atoms with E-state index in [1.807, 2.05) is 20.8 Å². The number of carbonyl (C=O) groups is 1. The second-order valence-corrected chi connectivity index (χ2v) is 4.87. The quantitative estimate of drug-likeness (QED) is 0.811. The molecule has 0 saturated heterocycles. The first-order valence-electron chi connectivity index (χ1n) is 6.06. The predicted octanol–water partition coefficient (Wildman–Crippen LogP) is 3.99. The Kier molecular flexibility index (Phi) is 4.97. The minimum atomic E-state index is -4.69. The van der Waals surface area contributed by atoms with Crippen molar-refractivity contribution < 1.29 is 22.7 Å². The zero-order valence-corrected chi connectivity index (χ0v) is 11.1. The van der Waals surface area contributed by atoms with Crippen molar-refractivity contribution >= 4 is 5.78 Å². The Balaban J connectivity index is 2.65.